The average Bonchev–Trinajstić information content (AvgIpc) is 3.33. The van der Waals surface area contributed by atoms with Gasteiger partial charge in [0, 0.05) is 29.3 Å². The number of aryl methyl sites for hydroxylation is 1. The van der Waals surface area contributed by atoms with Crippen molar-refractivity contribution in [2.24, 2.45) is 5.92 Å². The lowest BCUT2D eigenvalue weighted by Crippen LogP contribution is -2.45. The van der Waals surface area contributed by atoms with Crippen LogP contribution in [0.15, 0.2) is 18.2 Å². The molecule has 136 valence electrons. The summed E-state index contributed by atoms with van der Waals surface area (Å²) in [5, 5.41) is 17.2. The van der Waals surface area contributed by atoms with Gasteiger partial charge in [0.25, 0.3) is 0 Å². The van der Waals surface area contributed by atoms with Gasteiger partial charge in [-0.3, -0.25) is 9.59 Å². The second-order valence-corrected chi connectivity index (χ2v) is 7.15. The molecule has 0 saturated heterocycles. The van der Waals surface area contributed by atoms with Gasteiger partial charge in [0.2, 0.25) is 5.91 Å². The number of carboxylic acid groups (broad SMARTS) is 1. The van der Waals surface area contributed by atoms with Gasteiger partial charge in [-0.05, 0) is 57.7 Å². The second kappa shape index (κ2) is 7.55. The number of hydrogen-bond acceptors (Lipinski definition) is 3. The fraction of sp³-hybridized carbons (Fsp3) is 0.500. The Bertz CT molecular complexity index is 681. The Kier molecular flexibility index (Phi) is 5.66. The van der Waals surface area contributed by atoms with Crippen LogP contribution in [0.25, 0.3) is 0 Å². The molecule has 1 fully saturated rings. The molecule has 7 heteroatoms. The Hall–Kier alpha value is -2.57. The topological polar surface area (TPSA) is 108 Å². The third-order valence-corrected chi connectivity index (χ3v) is 4.12. The van der Waals surface area contributed by atoms with Crippen LogP contribution in [0, 0.1) is 12.8 Å². The molecule has 1 aliphatic carbocycles. The normalized spacial score (nSPS) is 13.9. The van der Waals surface area contributed by atoms with Crippen LogP contribution in [-0.4, -0.2) is 28.6 Å². The minimum atomic E-state index is -0.898. The molecule has 0 radical (unpaired) electrons. The van der Waals surface area contributed by atoms with E-state index in [-0.39, 0.29) is 18.2 Å². The van der Waals surface area contributed by atoms with Crippen LogP contribution in [-0.2, 0) is 9.59 Å². The van der Waals surface area contributed by atoms with Gasteiger partial charge in [0.1, 0.15) is 0 Å². The van der Waals surface area contributed by atoms with Crippen LogP contribution in [0.5, 0.6) is 0 Å². The third-order valence-electron chi connectivity index (χ3n) is 4.12. The summed E-state index contributed by atoms with van der Waals surface area (Å²) in [6, 6.07) is 4.94. The van der Waals surface area contributed by atoms with E-state index < -0.39 is 17.5 Å². The van der Waals surface area contributed by atoms with Crippen molar-refractivity contribution in [3.05, 3.63) is 23.8 Å². The van der Waals surface area contributed by atoms with Crippen molar-refractivity contribution in [3.8, 4) is 0 Å². The molecule has 1 aromatic rings. The molecule has 0 atom stereocenters. The monoisotopic (exact) mass is 347 g/mol. The maximum atomic E-state index is 12.2. The maximum Gasteiger partial charge on any atom is 0.319 e. The first-order valence-electron chi connectivity index (χ1n) is 8.39. The van der Waals surface area contributed by atoms with E-state index in [9.17, 15) is 14.4 Å². The summed E-state index contributed by atoms with van der Waals surface area (Å²) < 4.78 is 0. The molecule has 0 spiro atoms. The molecule has 1 aromatic carbocycles. The Labute approximate surface area is 147 Å². The smallest absolute Gasteiger partial charge is 0.319 e. The van der Waals surface area contributed by atoms with Gasteiger partial charge in [0.05, 0.1) is 0 Å². The molecule has 0 heterocycles. The maximum absolute atomic E-state index is 12.2. The number of hydrogen-bond donors (Lipinski definition) is 4. The third kappa shape index (κ3) is 6.10. The van der Waals surface area contributed by atoms with E-state index in [1.807, 2.05) is 13.0 Å². The standard InChI is InChI=1S/C18H25N3O4/c1-11-4-7-13(19-16(24)12-5-6-12)10-14(11)20-17(25)21-18(2,3)9-8-15(22)23/h4,7,10,12H,5-6,8-9H2,1-3H3,(H,19,24)(H,22,23)(H2,20,21,25). The Balaban J connectivity index is 1.96. The van der Waals surface area contributed by atoms with E-state index in [4.69, 9.17) is 5.11 Å². The number of carbonyl (C=O) groups excluding carboxylic acids is 2. The van der Waals surface area contributed by atoms with E-state index in [0.29, 0.717) is 17.8 Å². The zero-order valence-corrected chi connectivity index (χ0v) is 14.8. The summed E-state index contributed by atoms with van der Waals surface area (Å²) in [6.07, 6.45) is 2.16. The molecule has 4 N–H and O–H groups in total. The highest BCUT2D eigenvalue weighted by atomic mass is 16.4. The highest BCUT2D eigenvalue weighted by molar-refractivity contribution is 5.96. The minimum Gasteiger partial charge on any atom is -0.481 e. The number of urea groups is 1. The first-order valence-corrected chi connectivity index (χ1v) is 8.39. The van der Waals surface area contributed by atoms with Gasteiger partial charge in [-0.25, -0.2) is 4.79 Å². The zero-order chi connectivity index (χ0) is 18.6. The highest BCUT2D eigenvalue weighted by Crippen LogP contribution is 2.30. The lowest BCUT2D eigenvalue weighted by molar-refractivity contribution is -0.137. The molecule has 3 amide bonds. The second-order valence-electron chi connectivity index (χ2n) is 7.15. The molecule has 0 unspecified atom stereocenters. The number of aliphatic carboxylic acids is 1. The average molecular weight is 347 g/mol. The number of nitrogens with one attached hydrogen (secondary N) is 3. The summed E-state index contributed by atoms with van der Waals surface area (Å²) in [5.41, 5.74) is 1.46. The van der Waals surface area contributed by atoms with Crippen molar-refractivity contribution in [1.29, 1.82) is 0 Å². The fourth-order valence-corrected chi connectivity index (χ4v) is 2.37. The molecule has 1 saturated carbocycles. The van der Waals surface area contributed by atoms with Gasteiger partial charge >= 0.3 is 12.0 Å². The first-order chi connectivity index (χ1) is 11.7. The van der Waals surface area contributed by atoms with E-state index in [1.165, 1.54) is 0 Å². The van der Waals surface area contributed by atoms with E-state index in [1.54, 1.807) is 26.0 Å². The Morgan fingerprint density at radius 3 is 2.48 bits per heavy atom. The molecule has 0 bridgehead atoms. The van der Waals surface area contributed by atoms with Crippen LogP contribution in [0.1, 0.15) is 45.1 Å². The zero-order valence-electron chi connectivity index (χ0n) is 14.8. The SMILES string of the molecule is Cc1ccc(NC(=O)C2CC2)cc1NC(=O)NC(C)(C)CCC(=O)O. The van der Waals surface area contributed by atoms with Crippen molar-refractivity contribution >= 4 is 29.3 Å². The number of rotatable bonds is 7. The van der Waals surface area contributed by atoms with Crippen molar-refractivity contribution in [2.45, 2.75) is 52.0 Å². The molecule has 25 heavy (non-hydrogen) atoms. The largest absolute Gasteiger partial charge is 0.481 e. The lowest BCUT2D eigenvalue weighted by Gasteiger charge is -2.26. The summed E-state index contributed by atoms with van der Waals surface area (Å²) in [4.78, 5) is 34.8. The number of carboxylic acids is 1. The van der Waals surface area contributed by atoms with E-state index >= 15 is 0 Å². The molecule has 2 rings (SSSR count). The molecule has 1 aliphatic rings. The molecular formula is C18H25N3O4. The predicted octanol–water partition coefficient (Wildman–Crippen LogP) is 3.11. The number of benzene rings is 1. The molecule has 0 aliphatic heterocycles. The van der Waals surface area contributed by atoms with Crippen molar-refractivity contribution in [3.63, 3.8) is 0 Å². The number of carbonyl (C=O) groups is 3. The van der Waals surface area contributed by atoms with Gasteiger partial charge in [0.15, 0.2) is 0 Å². The van der Waals surface area contributed by atoms with Gasteiger partial charge in [-0.15, -0.1) is 0 Å². The van der Waals surface area contributed by atoms with Gasteiger partial charge < -0.3 is 21.1 Å². The van der Waals surface area contributed by atoms with Gasteiger partial charge in [-0.1, -0.05) is 6.07 Å². The molecule has 7 nitrogen and oxygen atoms in total. The lowest BCUT2D eigenvalue weighted by atomic mass is 9.99. The van der Waals surface area contributed by atoms with E-state index in [0.717, 1.165) is 18.4 Å². The number of anilines is 2. The van der Waals surface area contributed by atoms with Crippen LogP contribution in [0.3, 0.4) is 0 Å². The van der Waals surface area contributed by atoms with Crippen LogP contribution in [0.4, 0.5) is 16.2 Å². The summed E-state index contributed by atoms with van der Waals surface area (Å²) in [7, 11) is 0. The summed E-state index contributed by atoms with van der Waals surface area (Å²) >= 11 is 0. The minimum absolute atomic E-state index is 0.00839. The van der Waals surface area contributed by atoms with Crippen molar-refractivity contribution in [2.75, 3.05) is 10.6 Å². The Morgan fingerprint density at radius 1 is 1.20 bits per heavy atom. The fourth-order valence-electron chi connectivity index (χ4n) is 2.37. The van der Waals surface area contributed by atoms with E-state index in [2.05, 4.69) is 16.0 Å². The van der Waals surface area contributed by atoms with Gasteiger partial charge in [-0.2, -0.15) is 0 Å². The predicted molar refractivity (Wildman–Crippen MR) is 95.6 cm³/mol. The van der Waals surface area contributed by atoms with Crippen molar-refractivity contribution < 1.29 is 19.5 Å². The van der Waals surface area contributed by atoms with Crippen LogP contribution >= 0.6 is 0 Å². The molecule has 0 aromatic heterocycles. The quantitative estimate of drug-likeness (QED) is 0.608. The first kappa shape index (κ1) is 18.8. The van der Waals surface area contributed by atoms with Crippen LogP contribution in [0.2, 0.25) is 0 Å². The highest BCUT2D eigenvalue weighted by Gasteiger charge is 2.29. The Morgan fingerprint density at radius 2 is 1.88 bits per heavy atom. The van der Waals surface area contributed by atoms with Crippen LogP contribution < -0.4 is 16.0 Å². The molecular weight excluding hydrogens is 322 g/mol. The summed E-state index contributed by atoms with van der Waals surface area (Å²) in [5.74, 6) is -0.782. The number of amides is 3. The van der Waals surface area contributed by atoms with Crippen molar-refractivity contribution in [1.82, 2.24) is 5.32 Å². The summed E-state index contributed by atoms with van der Waals surface area (Å²) in [6.45, 7) is 5.40.